The lowest BCUT2D eigenvalue weighted by atomic mass is 10.0. The van der Waals surface area contributed by atoms with Crippen LogP contribution < -0.4 is 5.32 Å². The molecule has 0 aliphatic carbocycles. The first kappa shape index (κ1) is 53.1. The zero-order valence-electron chi connectivity index (χ0n) is 36.6. The third-order valence-corrected chi connectivity index (χ3v) is 10.7. The predicted octanol–water partition coefficient (Wildman–Crippen LogP) is 13.7. The van der Waals surface area contributed by atoms with Gasteiger partial charge in [-0.3, -0.25) is 9.59 Å². The molecule has 6 heteroatoms. The Morgan fingerprint density at radius 2 is 0.927 bits per heavy atom. The van der Waals surface area contributed by atoms with Crippen molar-refractivity contribution in [2.24, 2.45) is 0 Å². The minimum absolute atomic E-state index is 0.0547. The summed E-state index contributed by atoms with van der Waals surface area (Å²) in [7, 11) is 0. The number of esters is 1. The van der Waals surface area contributed by atoms with Gasteiger partial charge in [-0.2, -0.15) is 0 Å². The Labute approximate surface area is 341 Å². The van der Waals surface area contributed by atoms with E-state index in [9.17, 15) is 19.8 Å². The summed E-state index contributed by atoms with van der Waals surface area (Å²) in [6.07, 6.45) is 49.2. The largest absolute Gasteiger partial charge is 0.462 e. The molecule has 55 heavy (non-hydrogen) atoms. The number of unbranched alkanes of at least 4 members (excludes halogenated alkanes) is 24. The van der Waals surface area contributed by atoms with Gasteiger partial charge in [0.2, 0.25) is 5.91 Å². The first-order valence-electron chi connectivity index (χ1n) is 23.7. The average molecular weight is 774 g/mol. The highest BCUT2D eigenvalue weighted by molar-refractivity contribution is 5.77. The minimum atomic E-state index is -0.793. The second kappa shape index (κ2) is 43.2. The lowest BCUT2D eigenvalue weighted by Crippen LogP contribution is -2.46. The van der Waals surface area contributed by atoms with E-state index in [1.165, 1.54) is 122 Å². The maximum Gasteiger partial charge on any atom is 0.306 e. The van der Waals surface area contributed by atoms with E-state index in [0.29, 0.717) is 19.3 Å². The molecule has 0 saturated carbocycles. The van der Waals surface area contributed by atoms with E-state index >= 15 is 0 Å². The van der Waals surface area contributed by atoms with Gasteiger partial charge in [-0.25, -0.2) is 0 Å². The summed E-state index contributed by atoms with van der Waals surface area (Å²) in [4.78, 5) is 26.0. The number of hydrogen-bond donors (Lipinski definition) is 3. The molecule has 0 aliphatic heterocycles. The molecule has 0 aliphatic rings. The topological polar surface area (TPSA) is 95.9 Å². The van der Waals surface area contributed by atoms with Crippen molar-refractivity contribution in [1.82, 2.24) is 5.32 Å². The lowest BCUT2D eigenvalue weighted by molar-refractivity contribution is -0.151. The standard InChI is InChI=1S/C49H91NO5/c1-4-7-10-13-16-19-21-23-24-25-26-29-31-34-37-40-45(55-49(54)42-39-36-33-30-27-22-20-17-14-11-8-5-2)43-48(53)50-46(44-51)47(52)41-38-35-32-28-18-15-12-9-6-3/h16,19,23-24,26,29,45-47,51-52H,4-15,17-18,20-22,25,27-28,30-44H2,1-3H3,(H,50,53)/b19-16-,24-23-,29-26-. The number of ether oxygens (including phenoxy) is 1. The molecule has 0 aromatic carbocycles. The van der Waals surface area contributed by atoms with Gasteiger partial charge >= 0.3 is 5.97 Å². The molecule has 3 unspecified atom stereocenters. The molecule has 0 bridgehead atoms. The van der Waals surface area contributed by atoms with Gasteiger partial charge in [0.15, 0.2) is 0 Å². The van der Waals surface area contributed by atoms with Crippen molar-refractivity contribution >= 4 is 11.9 Å². The number of nitrogens with one attached hydrogen (secondary N) is 1. The smallest absolute Gasteiger partial charge is 0.306 e. The maximum absolute atomic E-state index is 13.1. The van der Waals surface area contributed by atoms with Crippen LogP contribution in [0.4, 0.5) is 0 Å². The van der Waals surface area contributed by atoms with Crippen LogP contribution in [0.25, 0.3) is 0 Å². The third kappa shape index (κ3) is 38.7. The van der Waals surface area contributed by atoms with E-state index in [4.69, 9.17) is 4.74 Å². The number of carbonyl (C=O) groups is 2. The number of carbonyl (C=O) groups excluding carboxylic acids is 2. The molecular formula is C49H91NO5. The van der Waals surface area contributed by atoms with Crippen molar-refractivity contribution in [1.29, 1.82) is 0 Å². The molecule has 6 nitrogen and oxygen atoms in total. The highest BCUT2D eigenvalue weighted by Crippen LogP contribution is 2.17. The van der Waals surface area contributed by atoms with Crippen molar-refractivity contribution in [3.63, 3.8) is 0 Å². The van der Waals surface area contributed by atoms with Gasteiger partial charge in [0, 0.05) is 6.42 Å². The monoisotopic (exact) mass is 774 g/mol. The van der Waals surface area contributed by atoms with Crippen LogP contribution in [0.5, 0.6) is 0 Å². The molecule has 0 saturated heterocycles. The Balaban J connectivity index is 4.67. The highest BCUT2D eigenvalue weighted by Gasteiger charge is 2.24. The third-order valence-electron chi connectivity index (χ3n) is 10.7. The zero-order valence-corrected chi connectivity index (χ0v) is 36.6. The summed E-state index contributed by atoms with van der Waals surface area (Å²) >= 11 is 0. The number of aliphatic hydroxyl groups is 2. The van der Waals surface area contributed by atoms with E-state index in [1.54, 1.807) is 0 Å². The quantitative estimate of drug-likeness (QED) is 0.0326. The van der Waals surface area contributed by atoms with Crippen molar-refractivity contribution < 1.29 is 24.5 Å². The molecule has 0 fully saturated rings. The van der Waals surface area contributed by atoms with Crippen LogP contribution in [-0.2, 0) is 14.3 Å². The van der Waals surface area contributed by atoms with Gasteiger partial charge < -0.3 is 20.3 Å². The molecule has 0 aromatic heterocycles. The fraction of sp³-hybridized carbons (Fsp3) is 0.837. The second-order valence-corrected chi connectivity index (χ2v) is 16.2. The average Bonchev–Trinajstić information content (AvgIpc) is 3.18. The van der Waals surface area contributed by atoms with E-state index in [1.807, 2.05) is 0 Å². The van der Waals surface area contributed by atoms with Crippen molar-refractivity contribution in [3.05, 3.63) is 36.5 Å². The van der Waals surface area contributed by atoms with Crippen LogP contribution in [0.1, 0.15) is 239 Å². The summed E-state index contributed by atoms with van der Waals surface area (Å²) in [6, 6.07) is -0.708. The lowest BCUT2D eigenvalue weighted by Gasteiger charge is -2.24. The first-order chi connectivity index (χ1) is 27.0. The Morgan fingerprint density at radius 3 is 1.42 bits per heavy atom. The molecule has 322 valence electrons. The summed E-state index contributed by atoms with van der Waals surface area (Å²) in [6.45, 7) is 6.42. The first-order valence-corrected chi connectivity index (χ1v) is 23.7. The van der Waals surface area contributed by atoms with Crippen molar-refractivity contribution in [2.45, 2.75) is 257 Å². The Hall–Kier alpha value is -1.92. The summed E-state index contributed by atoms with van der Waals surface area (Å²) in [5.41, 5.74) is 0. The van der Waals surface area contributed by atoms with Gasteiger partial charge in [0.05, 0.1) is 25.2 Å². The highest BCUT2D eigenvalue weighted by atomic mass is 16.5. The number of rotatable bonds is 42. The van der Waals surface area contributed by atoms with Crippen LogP contribution in [0.2, 0.25) is 0 Å². The van der Waals surface area contributed by atoms with Crippen LogP contribution in [0.3, 0.4) is 0 Å². The second-order valence-electron chi connectivity index (χ2n) is 16.2. The van der Waals surface area contributed by atoms with Crippen molar-refractivity contribution in [2.75, 3.05) is 6.61 Å². The molecule has 3 N–H and O–H groups in total. The normalized spacial score (nSPS) is 13.6. The molecule has 0 heterocycles. The maximum atomic E-state index is 13.1. The zero-order chi connectivity index (χ0) is 40.3. The molecule has 3 atom stereocenters. The van der Waals surface area contributed by atoms with Gasteiger partial charge in [0.25, 0.3) is 0 Å². The van der Waals surface area contributed by atoms with E-state index in [0.717, 1.165) is 70.6 Å². The molecule has 0 radical (unpaired) electrons. The van der Waals surface area contributed by atoms with Crippen molar-refractivity contribution in [3.8, 4) is 0 Å². The van der Waals surface area contributed by atoms with Crippen LogP contribution in [-0.4, -0.2) is 46.9 Å². The van der Waals surface area contributed by atoms with Gasteiger partial charge in [-0.05, 0) is 64.2 Å². The number of hydrogen-bond acceptors (Lipinski definition) is 5. The summed E-state index contributed by atoms with van der Waals surface area (Å²) < 4.78 is 5.89. The number of aliphatic hydroxyl groups excluding tert-OH is 2. The Kier molecular flexibility index (Phi) is 41.7. The fourth-order valence-electron chi connectivity index (χ4n) is 7.08. The van der Waals surface area contributed by atoms with E-state index < -0.39 is 18.2 Å². The fourth-order valence-corrected chi connectivity index (χ4v) is 7.08. The summed E-state index contributed by atoms with van der Waals surface area (Å²) in [5, 5.41) is 23.6. The van der Waals surface area contributed by atoms with E-state index in [-0.39, 0.29) is 24.9 Å². The van der Waals surface area contributed by atoms with Crippen LogP contribution >= 0.6 is 0 Å². The predicted molar refractivity (Wildman–Crippen MR) is 236 cm³/mol. The molecule has 0 spiro atoms. The van der Waals surface area contributed by atoms with E-state index in [2.05, 4.69) is 62.5 Å². The molecule has 1 amide bonds. The van der Waals surface area contributed by atoms with Crippen LogP contribution in [0.15, 0.2) is 36.5 Å². The number of allylic oxidation sites excluding steroid dienone is 6. The Morgan fingerprint density at radius 1 is 0.527 bits per heavy atom. The molecule has 0 rings (SSSR count). The molecule has 0 aromatic rings. The number of amides is 1. The SMILES string of the molecule is CCCCC/C=C\C/C=C\C/C=C\CCCCC(CC(=O)NC(CO)C(O)CCCCCCCCCCC)OC(=O)CCCCCCCCCCCCCC. The minimum Gasteiger partial charge on any atom is -0.462 e. The van der Waals surface area contributed by atoms with Gasteiger partial charge in [-0.1, -0.05) is 198 Å². The summed E-state index contributed by atoms with van der Waals surface area (Å²) in [5.74, 6) is -0.507. The van der Waals surface area contributed by atoms with Gasteiger partial charge in [-0.15, -0.1) is 0 Å². The van der Waals surface area contributed by atoms with Gasteiger partial charge in [0.1, 0.15) is 6.10 Å². The Bertz CT molecular complexity index is 915. The molecular weight excluding hydrogens is 683 g/mol. The van der Waals surface area contributed by atoms with Crippen LogP contribution in [0, 0.1) is 0 Å².